The largest absolute Gasteiger partial charge is 0.465 e. The van der Waals surface area contributed by atoms with Crippen LogP contribution in [-0.2, 0) is 21.2 Å². The van der Waals surface area contributed by atoms with E-state index in [1.807, 2.05) is 37.3 Å². The van der Waals surface area contributed by atoms with E-state index in [0.29, 0.717) is 16.8 Å². The van der Waals surface area contributed by atoms with Crippen LogP contribution in [0.5, 0.6) is 0 Å². The fourth-order valence-electron chi connectivity index (χ4n) is 2.68. The number of nitrogens with one attached hydrogen (secondary N) is 1. The molecule has 3 aromatic rings. The number of sulfonamides is 1. The molecule has 1 N–H and O–H groups in total. The van der Waals surface area contributed by atoms with Crippen LogP contribution in [0.2, 0.25) is 0 Å². The number of rotatable bonds is 6. The first kappa shape index (κ1) is 19.1. The third kappa shape index (κ3) is 4.04. The standard InChI is InChI=1S/C20H19NO4S2/c1-3-14-9-11-16(12-10-14)21-27(23,24)19-17(15-7-5-4-6-8-15)13-26-18(19)20(22)25-2/h4-13,21H,3H2,1-2H3. The third-order valence-corrected chi connectivity index (χ3v) is 6.64. The van der Waals surface area contributed by atoms with Gasteiger partial charge in [0.15, 0.2) is 0 Å². The zero-order valence-electron chi connectivity index (χ0n) is 14.9. The number of esters is 1. The summed E-state index contributed by atoms with van der Waals surface area (Å²) >= 11 is 1.05. The Bertz CT molecular complexity index is 1040. The molecule has 0 aliphatic rings. The number of benzene rings is 2. The van der Waals surface area contributed by atoms with Crippen LogP contribution in [0.3, 0.4) is 0 Å². The first-order valence-corrected chi connectivity index (χ1v) is 10.7. The Kier molecular flexibility index (Phi) is 5.62. The minimum atomic E-state index is -3.99. The van der Waals surface area contributed by atoms with E-state index in [1.54, 1.807) is 29.6 Å². The summed E-state index contributed by atoms with van der Waals surface area (Å²) < 4.78 is 33.6. The van der Waals surface area contributed by atoms with Crippen molar-refractivity contribution in [3.8, 4) is 11.1 Å². The number of carbonyl (C=O) groups excluding carboxylic acids is 1. The molecule has 27 heavy (non-hydrogen) atoms. The summed E-state index contributed by atoms with van der Waals surface area (Å²) in [5.41, 5.74) is 2.73. The number of carbonyl (C=O) groups is 1. The average molecular weight is 402 g/mol. The summed E-state index contributed by atoms with van der Waals surface area (Å²) in [5, 5.41) is 1.66. The Morgan fingerprint density at radius 2 is 1.74 bits per heavy atom. The van der Waals surface area contributed by atoms with Gasteiger partial charge >= 0.3 is 5.97 Å². The van der Waals surface area contributed by atoms with E-state index >= 15 is 0 Å². The molecule has 0 fully saturated rings. The molecular formula is C20H19NO4S2. The molecule has 0 saturated heterocycles. The van der Waals surface area contributed by atoms with Gasteiger partial charge in [-0.3, -0.25) is 4.72 Å². The molecule has 0 aliphatic heterocycles. The maximum absolute atomic E-state index is 13.1. The molecule has 0 amide bonds. The van der Waals surface area contributed by atoms with Crippen LogP contribution in [0.4, 0.5) is 5.69 Å². The van der Waals surface area contributed by atoms with Crippen LogP contribution >= 0.6 is 11.3 Å². The zero-order valence-corrected chi connectivity index (χ0v) is 16.6. The number of hydrogen-bond acceptors (Lipinski definition) is 5. The lowest BCUT2D eigenvalue weighted by atomic mass is 10.1. The third-order valence-electron chi connectivity index (χ3n) is 4.08. The van der Waals surface area contributed by atoms with Crippen molar-refractivity contribution in [3.63, 3.8) is 0 Å². The molecule has 0 atom stereocenters. The quantitative estimate of drug-likeness (QED) is 0.615. The van der Waals surface area contributed by atoms with Gasteiger partial charge in [0.1, 0.15) is 9.77 Å². The van der Waals surface area contributed by atoms with Gasteiger partial charge in [0.25, 0.3) is 10.0 Å². The second-order valence-corrected chi connectivity index (χ2v) is 8.32. The summed E-state index contributed by atoms with van der Waals surface area (Å²) in [7, 11) is -2.76. The van der Waals surface area contributed by atoms with E-state index in [4.69, 9.17) is 4.74 Å². The topological polar surface area (TPSA) is 72.5 Å². The molecule has 0 radical (unpaired) electrons. The Labute approximate surface area is 162 Å². The van der Waals surface area contributed by atoms with Crippen molar-refractivity contribution in [2.24, 2.45) is 0 Å². The SMILES string of the molecule is CCc1ccc(NS(=O)(=O)c2c(-c3ccccc3)csc2C(=O)OC)cc1. The molecule has 1 heterocycles. The predicted molar refractivity (Wildman–Crippen MR) is 108 cm³/mol. The molecule has 2 aromatic carbocycles. The second kappa shape index (κ2) is 7.94. The molecule has 0 spiro atoms. The Hall–Kier alpha value is -2.64. The normalized spacial score (nSPS) is 11.2. The van der Waals surface area contributed by atoms with Gasteiger partial charge in [-0.05, 0) is 29.7 Å². The van der Waals surface area contributed by atoms with E-state index in [2.05, 4.69) is 4.72 Å². The predicted octanol–water partition coefficient (Wildman–Crippen LogP) is 4.56. The fraction of sp³-hybridized carbons (Fsp3) is 0.150. The number of hydrogen-bond donors (Lipinski definition) is 1. The van der Waals surface area contributed by atoms with Crippen LogP contribution in [0.1, 0.15) is 22.2 Å². The summed E-state index contributed by atoms with van der Waals surface area (Å²) in [6.07, 6.45) is 0.863. The molecule has 0 aliphatic carbocycles. The van der Waals surface area contributed by atoms with Gasteiger partial charge in [0.05, 0.1) is 7.11 Å². The molecule has 0 unspecified atom stereocenters. The lowest BCUT2D eigenvalue weighted by Crippen LogP contribution is -2.16. The van der Waals surface area contributed by atoms with E-state index < -0.39 is 16.0 Å². The summed E-state index contributed by atoms with van der Waals surface area (Å²) in [4.78, 5) is 12.1. The van der Waals surface area contributed by atoms with Crippen LogP contribution in [0.15, 0.2) is 64.9 Å². The van der Waals surface area contributed by atoms with Crippen molar-refractivity contribution < 1.29 is 17.9 Å². The molecule has 0 saturated carbocycles. The lowest BCUT2D eigenvalue weighted by Gasteiger charge is -2.11. The van der Waals surface area contributed by atoms with Crippen LogP contribution in [-0.4, -0.2) is 21.5 Å². The minimum absolute atomic E-state index is 0.0500. The molecule has 1 aromatic heterocycles. The maximum atomic E-state index is 13.1. The molecular weight excluding hydrogens is 382 g/mol. The van der Waals surface area contributed by atoms with Crippen molar-refractivity contribution in [2.45, 2.75) is 18.2 Å². The highest BCUT2D eigenvalue weighted by Crippen LogP contribution is 2.36. The van der Waals surface area contributed by atoms with Gasteiger partial charge in [0, 0.05) is 16.6 Å². The zero-order chi connectivity index (χ0) is 19.4. The number of thiophene rings is 1. The van der Waals surface area contributed by atoms with Gasteiger partial charge in [-0.25, -0.2) is 13.2 Å². The fourth-order valence-corrected chi connectivity index (χ4v) is 5.46. The first-order chi connectivity index (χ1) is 13.0. The van der Waals surface area contributed by atoms with E-state index in [9.17, 15) is 13.2 Å². The summed E-state index contributed by atoms with van der Waals surface area (Å²) in [5.74, 6) is -0.677. The lowest BCUT2D eigenvalue weighted by molar-refractivity contribution is 0.0602. The van der Waals surface area contributed by atoms with Crippen LogP contribution < -0.4 is 4.72 Å². The highest BCUT2D eigenvalue weighted by molar-refractivity contribution is 7.93. The molecule has 3 rings (SSSR count). The van der Waals surface area contributed by atoms with Crippen molar-refractivity contribution in [3.05, 3.63) is 70.4 Å². The van der Waals surface area contributed by atoms with Crippen LogP contribution in [0.25, 0.3) is 11.1 Å². The number of methoxy groups -OCH3 is 1. The Balaban J connectivity index is 2.09. The van der Waals surface area contributed by atoms with E-state index in [1.165, 1.54) is 7.11 Å². The van der Waals surface area contributed by atoms with Gasteiger partial charge in [-0.15, -0.1) is 11.3 Å². The van der Waals surface area contributed by atoms with E-state index in [-0.39, 0.29) is 9.77 Å². The molecule has 0 bridgehead atoms. The highest BCUT2D eigenvalue weighted by Gasteiger charge is 2.29. The monoisotopic (exact) mass is 401 g/mol. The molecule has 140 valence electrons. The van der Waals surface area contributed by atoms with Gasteiger partial charge in [-0.1, -0.05) is 49.4 Å². The minimum Gasteiger partial charge on any atom is -0.465 e. The van der Waals surface area contributed by atoms with Crippen molar-refractivity contribution in [1.29, 1.82) is 0 Å². The smallest absolute Gasteiger partial charge is 0.349 e. The first-order valence-electron chi connectivity index (χ1n) is 8.33. The van der Waals surface area contributed by atoms with E-state index in [0.717, 1.165) is 23.3 Å². The molecule has 7 heteroatoms. The summed E-state index contributed by atoms with van der Waals surface area (Å²) in [6, 6.07) is 16.2. The van der Waals surface area contributed by atoms with Crippen molar-refractivity contribution in [2.75, 3.05) is 11.8 Å². The second-order valence-electron chi connectivity index (χ2n) is 5.82. The number of ether oxygens (including phenoxy) is 1. The Morgan fingerprint density at radius 3 is 2.33 bits per heavy atom. The van der Waals surface area contributed by atoms with Gasteiger partial charge in [0.2, 0.25) is 0 Å². The highest BCUT2D eigenvalue weighted by atomic mass is 32.2. The van der Waals surface area contributed by atoms with Crippen molar-refractivity contribution >= 4 is 33.0 Å². The summed E-state index contributed by atoms with van der Waals surface area (Å²) in [6.45, 7) is 2.03. The van der Waals surface area contributed by atoms with Crippen LogP contribution in [0, 0.1) is 0 Å². The maximum Gasteiger partial charge on any atom is 0.349 e. The average Bonchev–Trinajstić information content (AvgIpc) is 3.14. The van der Waals surface area contributed by atoms with Crippen molar-refractivity contribution in [1.82, 2.24) is 0 Å². The molecule has 5 nitrogen and oxygen atoms in total. The number of aryl methyl sites for hydroxylation is 1. The number of anilines is 1. The van der Waals surface area contributed by atoms with Gasteiger partial charge in [-0.2, -0.15) is 0 Å². The van der Waals surface area contributed by atoms with Gasteiger partial charge < -0.3 is 4.74 Å². The Morgan fingerprint density at radius 1 is 1.07 bits per heavy atom.